The predicted molar refractivity (Wildman–Crippen MR) is 119 cm³/mol. The fourth-order valence-electron chi connectivity index (χ4n) is 5.29. The fourth-order valence-corrected chi connectivity index (χ4v) is 6.37. The number of amides is 2. The minimum atomic E-state index is -0.281. The molecule has 9 heteroatoms. The minimum absolute atomic E-state index is 0.0154. The van der Waals surface area contributed by atoms with Gasteiger partial charge in [-0.05, 0) is 56.3 Å². The smallest absolute Gasteiger partial charge is 0.321 e. The van der Waals surface area contributed by atoms with E-state index in [0.29, 0.717) is 31.1 Å². The Labute approximate surface area is 187 Å². The van der Waals surface area contributed by atoms with Crippen LogP contribution in [0.3, 0.4) is 0 Å². The van der Waals surface area contributed by atoms with Gasteiger partial charge >= 0.3 is 12.0 Å². The van der Waals surface area contributed by atoms with E-state index in [1.54, 1.807) is 6.08 Å². The van der Waals surface area contributed by atoms with Gasteiger partial charge in [-0.2, -0.15) is 0 Å². The number of aryl methyl sites for hydroxylation is 1. The van der Waals surface area contributed by atoms with Crippen molar-refractivity contribution in [2.24, 2.45) is 21.7 Å². The summed E-state index contributed by atoms with van der Waals surface area (Å²) in [4.78, 5) is 44.7. The number of aromatic nitrogens is 1. The Morgan fingerprint density at radius 3 is 2.81 bits per heavy atom. The second kappa shape index (κ2) is 9.49. The Balaban J connectivity index is 1.60. The molecule has 8 nitrogen and oxygen atoms in total. The number of nitrogens with zero attached hydrogens (tertiary/aromatic N) is 2. The van der Waals surface area contributed by atoms with Gasteiger partial charge in [0, 0.05) is 10.9 Å². The van der Waals surface area contributed by atoms with Gasteiger partial charge in [0.25, 0.3) is 0 Å². The van der Waals surface area contributed by atoms with Crippen LogP contribution in [0.4, 0.5) is 9.93 Å². The van der Waals surface area contributed by atoms with Crippen molar-refractivity contribution in [2.75, 3.05) is 18.5 Å². The number of esters is 1. The SMILES string of the molecule is CCOC(=O)C1CCc2nc(NC(=O)NC3CC(C)(C)CC(C)(CN=C=O)C3)sc2C1. The third kappa shape index (κ3) is 6.14. The first-order chi connectivity index (χ1) is 14.6. The van der Waals surface area contributed by atoms with Crippen molar-refractivity contribution >= 4 is 34.5 Å². The number of hydrogen-bond acceptors (Lipinski definition) is 7. The molecule has 2 amide bonds. The van der Waals surface area contributed by atoms with Gasteiger partial charge in [-0.3, -0.25) is 10.1 Å². The molecule has 0 spiro atoms. The Kier molecular flexibility index (Phi) is 7.17. The van der Waals surface area contributed by atoms with Crippen LogP contribution >= 0.6 is 11.3 Å². The van der Waals surface area contributed by atoms with Crippen LogP contribution in [0.15, 0.2) is 4.99 Å². The highest BCUT2D eigenvalue weighted by Gasteiger charge is 2.41. The van der Waals surface area contributed by atoms with Gasteiger partial charge in [-0.15, -0.1) is 11.3 Å². The van der Waals surface area contributed by atoms with E-state index in [0.717, 1.165) is 36.3 Å². The van der Waals surface area contributed by atoms with E-state index in [2.05, 4.69) is 41.4 Å². The van der Waals surface area contributed by atoms with Crippen molar-refractivity contribution in [2.45, 2.75) is 72.3 Å². The van der Waals surface area contributed by atoms with Crippen LogP contribution in [0.5, 0.6) is 0 Å². The molecule has 2 aliphatic carbocycles. The maximum absolute atomic E-state index is 12.7. The molecule has 0 aromatic carbocycles. The molecule has 0 saturated heterocycles. The topological polar surface area (TPSA) is 110 Å². The molecule has 2 N–H and O–H groups in total. The summed E-state index contributed by atoms with van der Waals surface area (Å²) in [5.74, 6) is -0.290. The number of aliphatic imine (C=N–C) groups is 1. The normalized spacial score (nSPS) is 26.8. The molecular formula is C22H32N4O4S. The number of nitrogens with one attached hydrogen (secondary N) is 2. The highest BCUT2D eigenvalue weighted by molar-refractivity contribution is 7.15. The number of rotatable bonds is 6. The van der Waals surface area contributed by atoms with E-state index >= 15 is 0 Å². The van der Waals surface area contributed by atoms with Crippen LogP contribution < -0.4 is 10.6 Å². The van der Waals surface area contributed by atoms with Crippen molar-refractivity contribution in [3.05, 3.63) is 10.6 Å². The maximum atomic E-state index is 12.7. The van der Waals surface area contributed by atoms with Crippen molar-refractivity contribution in [3.8, 4) is 0 Å². The van der Waals surface area contributed by atoms with Gasteiger partial charge in [0.2, 0.25) is 6.08 Å². The summed E-state index contributed by atoms with van der Waals surface area (Å²) >= 11 is 1.43. The van der Waals surface area contributed by atoms with Crippen molar-refractivity contribution in [1.82, 2.24) is 10.3 Å². The molecule has 1 aromatic rings. The number of carbonyl (C=O) groups excluding carboxylic acids is 3. The molecule has 2 aliphatic rings. The Morgan fingerprint density at radius 2 is 2.10 bits per heavy atom. The average molecular weight is 449 g/mol. The molecule has 3 unspecified atom stereocenters. The third-order valence-corrected chi connectivity index (χ3v) is 7.12. The maximum Gasteiger partial charge on any atom is 0.321 e. The van der Waals surface area contributed by atoms with Crippen molar-refractivity contribution in [3.63, 3.8) is 0 Å². The van der Waals surface area contributed by atoms with Gasteiger partial charge < -0.3 is 10.1 Å². The number of ether oxygens (including phenoxy) is 1. The molecule has 0 bridgehead atoms. The van der Waals surface area contributed by atoms with Crippen molar-refractivity contribution < 1.29 is 19.1 Å². The number of anilines is 1. The summed E-state index contributed by atoms with van der Waals surface area (Å²) in [6.45, 7) is 9.07. The summed E-state index contributed by atoms with van der Waals surface area (Å²) in [5.41, 5.74) is 0.838. The first kappa shape index (κ1) is 23.4. The molecule has 1 heterocycles. The minimum Gasteiger partial charge on any atom is -0.466 e. The molecule has 3 rings (SSSR count). The van der Waals surface area contributed by atoms with Gasteiger partial charge in [-0.25, -0.2) is 19.6 Å². The second-order valence-corrected chi connectivity index (χ2v) is 10.9. The van der Waals surface area contributed by atoms with E-state index in [-0.39, 0.29) is 34.8 Å². The second-order valence-electron chi connectivity index (χ2n) is 9.84. The molecule has 170 valence electrons. The summed E-state index contributed by atoms with van der Waals surface area (Å²) in [6, 6.07) is -0.296. The highest BCUT2D eigenvalue weighted by atomic mass is 32.1. The van der Waals surface area contributed by atoms with Gasteiger partial charge in [-0.1, -0.05) is 20.8 Å². The average Bonchev–Trinajstić information content (AvgIpc) is 3.06. The van der Waals surface area contributed by atoms with E-state index in [9.17, 15) is 14.4 Å². The van der Waals surface area contributed by atoms with Crippen LogP contribution in [0.1, 0.15) is 63.9 Å². The third-order valence-electron chi connectivity index (χ3n) is 6.08. The number of isocyanates is 1. The Morgan fingerprint density at radius 1 is 1.32 bits per heavy atom. The molecular weight excluding hydrogens is 416 g/mol. The van der Waals surface area contributed by atoms with Crippen LogP contribution in [-0.4, -0.2) is 42.3 Å². The number of fused-ring (bicyclic) bond motifs is 1. The molecule has 1 saturated carbocycles. The molecule has 1 fully saturated rings. The van der Waals surface area contributed by atoms with Gasteiger partial charge in [0.05, 0.1) is 24.8 Å². The Hall–Kier alpha value is -2.25. The molecule has 31 heavy (non-hydrogen) atoms. The van der Waals surface area contributed by atoms with Crippen molar-refractivity contribution in [1.29, 1.82) is 0 Å². The van der Waals surface area contributed by atoms with Crippen LogP contribution in [-0.2, 0) is 27.2 Å². The van der Waals surface area contributed by atoms with E-state index in [4.69, 9.17) is 4.74 Å². The number of carbonyl (C=O) groups is 2. The lowest BCUT2D eigenvalue weighted by Crippen LogP contribution is -2.48. The first-order valence-corrected chi connectivity index (χ1v) is 11.7. The Bertz CT molecular complexity index is 877. The van der Waals surface area contributed by atoms with E-state index in [1.807, 2.05) is 6.92 Å². The van der Waals surface area contributed by atoms with E-state index in [1.165, 1.54) is 11.3 Å². The molecule has 0 aliphatic heterocycles. The zero-order chi connectivity index (χ0) is 22.6. The number of urea groups is 1. The lowest BCUT2D eigenvalue weighted by Gasteiger charge is -2.46. The largest absolute Gasteiger partial charge is 0.466 e. The number of thiazole rings is 1. The fraction of sp³-hybridized carbons (Fsp3) is 0.727. The first-order valence-electron chi connectivity index (χ1n) is 10.9. The van der Waals surface area contributed by atoms with Gasteiger partial charge in [0.15, 0.2) is 5.13 Å². The summed E-state index contributed by atoms with van der Waals surface area (Å²) in [5, 5.41) is 6.50. The standard InChI is InChI=1S/C22H32N4O4S/c1-5-30-18(28)14-6-7-16-17(8-14)31-20(25-16)26-19(29)24-15-9-21(2,3)11-22(4,10-15)12-23-13-27/h14-15H,5-12H2,1-4H3,(H2,24,25,26,29). The lowest BCUT2D eigenvalue weighted by molar-refractivity contribution is -0.148. The lowest BCUT2D eigenvalue weighted by atomic mass is 9.62. The monoisotopic (exact) mass is 448 g/mol. The van der Waals surface area contributed by atoms with Crippen LogP contribution in [0.2, 0.25) is 0 Å². The predicted octanol–water partition coefficient (Wildman–Crippen LogP) is 3.85. The molecule has 1 aromatic heterocycles. The molecule has 3 atom stereocenters. The molecule has 0 radical (unpaired) electrons. The summed E-state index contributed by atoms with van der Waals surface area (Å²) in [6.07, 6.45) is 6.23. The summed E-state index contributed by atoms with van der Waals surface area (Å²) < 4.78 is 5.15. The quantitative estimate of drug-likeness (QED) is 0.390. The number of hydrogen-bond donors (Lipinski definition) is 2. The van der Waals surface area contributed by atoms with E-state index < -0.39 is 0 Å². The highest BCUT2D eigenvalue weighted by Crippen LogP contribution is 2.46. The van der Waals surface area contributed by atoms with Crippen LogP contribution in [0.25, 0.3) is 0 Å². The van der Waals surface area contributed by atoms with Gasteiger partial charge in [0.1, 0.15) is 0 Å². The summed E-state index contributed by atoms with van der Waals surface area (Å²) in [7, 11) is 0. The zero-order valence-electron chi connectivity index (χ0n) is 18.7. The van der Waals surface area contributed by atoms with Crippen LogP contribution in [0, 0.1) is 16.7 Å². The zero-order valence-corrected chi connectivity index (χ0v) is 19.6.